The van der Waals surface area contributed by atoms with Crippen molar-refractivity contribution in [2.45, 2.75) is 13.0 Å². The Bertz CT molecular complexity index is 1070. The zero-order chi connectivity index (χ0) is 23.3. The Labute approximate surface area is 200 Å². The Balaban J connectivity index is 1.89. The highest BCUT2D eigenvalue weighted by Gasteiger charge is 2.33. The van der Waals surface area contributed by atoms with E-state index in [4.69, 9.17) is 21.7 Å². The number of carbonyl (C=O) groups excluding carboxylic acids is 2. The molecule has 168 valence electrons. The summed E-state index contributed by atoms with van der Waals surface area (Å²) in [5.41, 5.74) is 3.04. The van der Waals surface area contributed by atoms with Crippen molar-refractivity contribution < 1.29 is 19.1 Å². The summed E-state index contributed by atoms with van der Waals surface area (Å²) in [6, 6.07) is 14.0. The lowest BCUT2D eigenvalue weighted by Gasteiger charge is -2.35. The Hall–Kier alpha value is -2.75. The lowest BCUT2D eigenvalue weighted by molar-refractivity contribution is -0.140. The molecule has 2 N–H and O–H groups in total. The fourth-order valence-corrected chi connectivity index (χ4v) is 4.00. The largest absolute Gasteiger partial charge is 0.460 e. The van der Waals surface area contributed by atoms with E-state index in [0.717, 1.165) is 5.56 Å². The number of ether oxygens (including phenoxy) is 2. The molecule has 1 atom stereocenters. The van der Waals surface area contributed by atoms with Gasteiger partial charge in [-0.3, -0.25) is 4.79 Å². The molecule has 0 aliphatic carbocycles. The van der Waals surface area contributed by atoms with Crippen LogP contribution >= 0.6 is 28.1 Å². The summed E-state index contributed by atoms with van der Waals surface area (Å²) in [6.07, 6.45) is 0. The molecule has 7 nitrogen and oxygen atoms in total. The molecule has 1 amide bonds. The van der Waals surface area contributed by atoms with Gasteiger partial charge in [0.1, 0.15) is 6.61 Å². The molecule has 0 spiro atoms. The number of hydrogen-bond donors (Lipinski definition) is 2. The number of amides is 1. The van der Waals surface area contributed by atoms with Gasteiger partial charge in [0.05, 0.1) is 23.8 Å². The highest BCUT2D eigenvalue weighted by atomic mass is 79.9. The zero-order valence-corrected chi connectivity index (χ0v) is 20.4. The number of methoxy groups -OCH3 is 1. The van der Waals surface area contributed by atoms with E-state index in [1.165, 1.54) is 0 Å². The maximum Gasteiger partial charge on any atom is 0.338 e. The quantitative estimate of drug-likeness (QED) is 0.326. The number of thiocarbonyl (C=S) groups is 1. The summed E-state index contributed by atoms with van der Waals surface area (Å²) in [5.74, 6) is -0.693. The van der Waals surface area contributed by atoms with Crippen LogP contribution in [-0.2, 0) is 14.3 Å². The first-order chi connectivity index (χ1) is 15.3. The molecular weight excluding hydrogens is 494 g/mol. The van der Waals surface area contributed by atoms with Gasteiger partial charge < -0.3 is 25.0 Å². The van der Waals surface area contributed by atoms with E-state index in [1.54, 1.807) is 37.3 Å². The summed E-state index contributed by atoms with van der Waals surface area (Å²) in [5, 5.41) is 6.60. The molecule has 0 aromatic heterocycles. The summed E-state index contributed by atoms with van der Waals surface area (Å²) in [4.78, 5) is 27.3. The summed E-state index contributed by atoms with van der Waals surface area (Å²) >= 11 is 8.84. The second-order valence-corrected chi connectivity index (χ2v) is 8.37. The van der Waals surface area contributed by atoms with Crippen molar-refractivity contribution in [3.8, 4) is 0 Å². The topological polar surface area (TPSA) is 79.9 Å². The number of hydrogen-bond acceptors (Lipinski definition) is 5. The van der Waals surface area contributed by atoms with Crippen LogP contribution in [0.3, 0.4) is 0 Å². The van der Waals surface area contributed by atoms with Crippen molar-refractivity contribution in [2.24, 2.45) is 0 Å². The van der Waals surface area contributed by atoms with E-state index in [2.05, 4.69) is 26.6 Å². The van der Waals surface area contributed by atoms with Gasteiger partial charge in [0.15, 0.2) is 5.11 Å². The van der Waals surface area contributed by atoms with Crippen LogP contribution < -0.4 is 10.6 Å². The number of nitrogens with zero attached hydrogens (tertiary/aromatic N) is 1. The zero-order valence-electron chi connectivity index (χ0n) is 18.0. The molecule has 0 radical (unpaired) electrons. The minimum absolute atomic E-state index is 0.148. The van der Waals surface area contributed by atoms with Crippen LogP contribution in [0.1, 0.15) is 28.9 Å². The maximum atomic E-state index is 12.9. The molecule has 0 saturated heterocycles. The smallest absolute Gasteiger partial charge is 0.338 e. The average molecular weight is 518 g/mol. The van der Waals surface area contributed by atoms with Gasteiger partial charge >= 0.3 is 5.97 Å². The van der Waals surface area contributed by atoms with Gasteiger partial charge in [-0.05, 0) is 64.9 Å². The minimum atomic E-state index is -0.519. The Morgan fingerprint density at radius 2 is 1.94 bits per heavy atom. The lowest BCUT2D eigenvalue weighted by Crippen LogP contribution is -2.46. The first-order valence-corrected chi connectivity index (χ1v) is 11.1. The van der Waals surface area contributed by atoms with Crippen LogP contribution in [0.4, 0.5) is 5.69 Å². The molecule has 2 aromatic carbocycles. The van der Waals surface area contributed by atoms with Crippen molar-refractivity contribution >= 4 is 50.8 Å². The molecule has 0 saturated carbocycles. The van der Waals surface area contributed by atoms with E-state index >= 15 is 0 Å². The van der Waals surface area contributed by atoms with Gasteiger partial charge in [-0.25, -0.2) is 4.79 Å². The number of carbonyl (C=O) groups is 2. The van der Waals surface area contributed by atoms with Crippen LogP contribution in [-0.4, -0.2) is 49.3 Å². The number of halogens is 1. The van der Waals surface area contributed by atoms with Gasteiger partial charge in [0.2, 0.25) is 0 Å². The second kappa shape index (κ2) is 10.7. The van der Waals surface area contributed by atoms with Gasteiger partial charge in [-0.15, -0.1) is 0 Å². The molecule has 1 aliphatic heterocycles. The van der Waals surface area contributed by atoms with Gasteiger partial charge in [-0.2, -0.15) is 0 Å². The number of benzene rings is 2. The lowest BCUT2D eigenvalue weighted by atomic mass is 9.95. The monoisotopic (exact) mass is 517 g/mol. The average Bonchev–Trinajstić information content (AvgIpc) is 2.77. The fraction of sp³-hybridized carbons (Fsp3) is 0.261. The maximum absolute atomic E-state index is 12.9. The molecule has 1 aliphatic rings. The van der Waals surface area contributed by atoms with Crippen LogP contribution in [0, 0.1) is 0 Å². The summed E-state index contributed by atoms with van der Waals surface area (Å²) in [7, 11) is 3.33. The number of nitrogens with one attached hydrogen (secondary N) is 2. The normalized spacial score (nSPS) is 15.9. The highest BCUT2D eigenvalue weighted by molar-refractivity contribution is 9.10. The van der Waals surface area contributed by atoms with E-state index in [-0.39, 0.29) is 12.5 Å². The first-order valence-electron chi connectivity index (χ1n) is 9.90. The van der Waals surface area contributed by atoms with Crippen LogP contribution in [0.25, 0.3) is 0 Å². The Kier molecular flexibility index (Phi) is 8.00. The van der Waals surface area contributed by atoms with Crippen molar-refractivity contribution in [3.05, 3.63) is 75.4 Å². The molecule has 32 heavy (non-hydrogen) atoms. The molecule has 3 rings (SSSR count). The number of rotatable bonds is 7. The standard InChI is InChI=1S/C23H24BrN3O4S/c1-14-19(22(29)31-12-11-30-3)20(26-23(32)27(14)2)15-7-6-8-16(13-15)25-21(28)17-9-4-5-10-18(17)24/h4-10,13,20H,11-12H2,1-3H3,(H,25,28)(H,26,32). The van der Waals surface area contributed by atoms with Crippen molar-refractivity contribution in [1.82, 2.24) is 10.2 Å². The highest BCUT2D eigenvalue weighted by Crippen LogP contribution is 2.32. The predicted octanol–water partition coefficient (Wildman–Crippen LogP) is 4.03. The summed E-state index contributed by atoms with van der Waals surface area (Å²) < 4.78 is 11.1. The number of esters is 1. The molecular formula is C23H24BrN3O4S. The third-order valence-electron chi connectivity index (χ3n) is 5.09. The van der Waals surface area contributed by atoms with Crippen molar-refractivity contribution in [3.63, 3.8) is 0 Å². The second-order valence-electron chi connectivity index (χ2n) is 7.13. The minimum Gasteiger partial charge on any atom is -0.460 e. The SMILES string of the molecule is COCCOC(=O)C1=C(C)N(C)C(=S)NC1c1cccc(NC(=O)c2ccccc2Br)c1. The first kappa shape index (κ1) is 23.9. The number of allylic oxidation sites excluding steroid dienone is 1. The molecule has 2 aromatic rings. The van der Waals surface area contributed by atoms with Gasteiger partial charge in [0.25, 0.3) is 5.91 Å². The van der Waals surface area contributed by atoms with E-state index in [9.17, 15) is 9.59 Å². The predicted molar refractivity (Wildman–Crippen MR) is 130 cm³/mol. The molecule has 9 heteroatoms. The van der Waals surface area contributed by atoms with Crippen molar-refractivity contribution in [1.29, 1.82) is 0 Å². The third kappa shape index (κ3) is 5.35. The van der Waals surface area contributed by atoms with Crippen molar-refractivity contribution in [2.75, 3.05) is 32.7 Å². The van der Waals surface area contributed by atoms with E-state index in [0.29, 0.717) is 38.7 Å². The van der Waals surface area contributed by atoms with Gasteiger partial charge in [0, 0.05) is 30.0 Å². The third-order valence-corrected chi connectivity index (χ3v) is 6.17. The fourth-order valence-electron chi connectivity index (χ4n) is 3.29. The summed E-state index contributed by atoms with van der Waals surface area (Å²) in [6.45, 7) is 2.28. The Morgan fingerprint density at radius 3 is 2.66 bits per heavy atom. The number of anilines is 1. The molecule has 1 unspecified atom stereocenters. The van der Waals surface area contributed by atoms with E-state index in [1.807, 2.05) is 37.3 Å². The van der Waals surface area contributed by atoms with E-state index < -0.39 is 12.0 Å². The van der Waals surface area contributed by atoms with Gasteiger partial charge in [-0.1, -0.05) is 24.3 Å². The molecule has 1 heterocycles. The van der Waals surface area contributed by atoms with Crippen LogP contribution in [0.2, 0.25) is 0 Å². The molecule has 0 fully saturated rings. The van der Waals surface area contributed by atoms with Crippen LogP contribution in [0.5, 0.6) is 0 Å². The Morgan fingerprint density at radius 1 is 1.19 bits per heavy atom. The van der Waals surface area contributed by atoms with Crippen LogP contribution in [0.15, 0.2) is 64.3 Å². The molecule has 0 bridgehead atoms.